The Morgan fingerprint density at radius 3 is 2.65 bits per heavy atom. The molecular weight excluding hydrogens is 320 g/mol. The summed E-state index contributed by atoms with van der Waals surface area (Å²) in [6, 6.07) is 9.17. The fraction of sp³-hybridized carbons (Fsp3) is 0.591. The average Bonchev–Trinajstić information content (AvgIpc) is 3.16. The Kier molecular flexibility index (Phi) is 4.78. The molecule has 1 N–H and O–H groups in total. The van der Waals surface area contributed by atoms with Crippen LogP contribution in [0.4, 0.5) is 0 Å². The van der Waals surface area contributed by atoms with Gasteiger partial charge in [0.2, 0.25) is 5.78 Å². The molecule has 1 fully saturated rings. The second-order valence-electron chi connectivity index (χ2n) is 8.83. The second-order valence-corrected chi connectivity index (χ2v) is 8.83. The zero-order valence-electron chi connectivity index (χ0n) is 16.5. The van der Waals surface area contributed by atoms with Gasteiger partial charge in [-0.15, -0.1) is 0 Å². The normalized spacial score (nSPS) is 16.7. The van der Waals surface area contributed by atoms with Gasteiger partial charge in [-0.3, -0.25) is 4.40 Å². The van der Waals surface area contributed by atoms with Crippen molar-refractivity contribution in [3.8, 4) is 0 Å². The lowest BCUT2D eigenvalue weighted by atomic mass is 9.92. The lowest BCUT2D eigenvalue weighted by Crippen LogP contribution is -2.32. The number of para-hydroxylation sites is 2. The van der Waals surface area contributed by atoms with Crippen LogP contribution in [0, 0.1) is 0 Å². The topological polar surface area (TPSA) is 34.3 Å². The Balaban J connectivity index is 1.55. The molecule has 0 unspecified atom stereocenters. The van der Waals surface area contributed by atoms with Crippen LogP contribution in [0.5, 0.6) is 0 Å². The van der Waals surface area contributed by atoms with Crippen molar-refractivity contribution in [1.82, 2.24) is 19.3 Å². The zero-order chi connectivity index (χ0) is 18.1. The monoisotopic (exact) mass is 352 g/mol. The van der Waals surface area contributed by atoms with E-state index in [1.165, 1.54) is 43.3 Å². The highest BCUT2D eigenvalue weighted by Gasteiger charge is 2.23. The molecule has 0 radical (unpaired) electrons. The van der Waals surface area contributed by atoms with Crippen LogP contribution in [-0.2, 0) is 12.0 Å². The Bertz CT molecular complexity index is 875. The number of nitrogens with one attached hydrogen (secondary N) is 1. The van der Waals surface area contributed by atoms with Gasteiger partial charge in [-0.1, -0.05) is 52.2 Å². The third-order valence-corrected chi connectivity index (χ3v) is 5.73. The standard InChI is InChI=1S/C22H32N4/c1-22(2,3)20-16-26-19-13-8-7-12-18(19)24-21(26)25(20)15-9-14-23-17-10-5-4-6-11-17/h7-8,12-13,16-17,23H,4-6,9-11,14-15H2,1-3H3. The average molecular weight is 353 g/mol. The SMILES string of the molecule is CC(C)(C)c1cn2c3ccccc3nc2n1CCCNC1CCCCC1. The van der Waals surface area contributed by atoms with Gasteiger partial charge in [-0.05, 0) is 37.9 Å². The van der Waals surface area contributed by atoms with Crippen molar-refractivity contribution in [1.29, 1.82) is 0 Å². The fourth-order valence-electron chi connectivity index (χ4n) is 4.32. The number of nitrogens with zero attached hydrogens (tertiary/aromatic N) is 3. The van der Waals surface area contributed by atoms with Crippen LogP contribution < -0.4 is 5.32 Å². The van der Waals surface area contributed by atoms with Gasteiger partial charge in [-0.2, -0.15) is 0 Å². The molecule has 0 aliphatic heterocycles. The van der Waals surface area contributed by atoms with Crippen LogP contribution in [0.2, 0.25) is 0 Å². The van der Waals surface area contributed by atoms with Crippen molar-refractivity contribution in [3.63, 3.8) is 0 Å². The van der Waals surface area contributed by atoms with Crippen molar-refractivity contribution >= 4 is 16.8 Å². The van der Waals surface area contributed by atoms with Crippen molar-refractivity contribution in [3.05, 3.63) is 36.2 Å². The van der Waals surface area contributed by atoms with Gasteiger partial charge in [0.25, 0.3) is 0 Å². The number of imidazole rings is 2. The summed E-state index contributed by atoms with van der Waals surface area (Å²) < 4.78 is 4.70. The molecule has 0 saturated heterocycles. The van der Waals surface area contributed by atoms with Crippen molar-refractivity contribution in [2.24, 2.45) is 0 Å². The van der Waals surface area contributed by atoms with Crippen LogP contribution >= 0.6 is 0 Å². The highest BCUT2D eigenvalue weighted by atomic mass is 15.2. The summed E-state index contributed by atoms with van der Waals surface area (Å²) in [5.74, 6) is 1.08. The van der Waals surface area contributed by atoms with Gasteiger partial charge >= 0.3 is 0 Å². The minimum absolute atomic E-state index is 0.110. The first-order chi connectivity index (χ1) is 12.5. The minimum Gasteiger partial charge on any atom is -0.314 e. The number of fused-ring (bicyclic) bond motifs is 3. The number of aryl methyl sites for hydroxylation is 1. The van der Waals surface area contributed by atoms with Gasteiger partial charge in [0.15, 0.2) is 0 Å². The highest BCUT2D eigenvalue weighted by molar-refractivity contribution is 5.79. The number of benzene rings is 1. The van der Waals surface area contributed by atoms with E-state index in [4.69, 9.17) is 4.98 Å². The van der Waals surface area contributed by atoms with E-state index in [2.05, 4.69) is 65.5 Å². The number of rotatable bonds is 5. The van der Waals surface area contributed by atoms with E-state index in [0.29, 0.717) is 0 Å². The van der Waals surface area contributed by atoms with Crippen LogP contribution in [0.1, 0.15) is 65.0 Å². The first-order valence-corrected chi connectivity index (χ1v) is 10.2. The maximum atomic E-state index is 4.92. The molecule has 2 aromatic heterocycles. The second kappa shape index (κ2) is 7.07. The first-order valence-electron chi connectivity index (χ1n) is 10.2. The Labute approximate surface area is 156 Å². The molecule has 4 rings (SSSR count). The molecule has 1 aromatic carbocycles. The Morgan fingerprint density at radius 2 is 1.88 bits per heavy atom. The molecule has 140 valence electrons. The van der Waals surface area contributed by atoms with Crippen LogP contribution in [0.3, 0.4) is 0 Å². The van der Waals surface area contributed by atoms with Crippen LogP contribution in [0.15, 0.2) is 30.5 Å². The van der Waals surface area contributed by atoms with E-state index in [9.17, 15) is 0 Å². The van der Waals surface area contributed by atoms with Crippen molar-refractivity contribution < 1.29 is 0 Å². The molecule has 0 spiro atoms. The quantitative estimate of drug-likeness (QED) is 0.663. The van der Waals surface area contributed by atoms with Gasteiger partial charge in [0.05, 0.1) is 11.0 Å². The third-order valence-electron chi connectivity index (χ3n) is 5.73. The summed E-state index contributed by atoms with van der Waals surface area (Å²) >= 11 is 0. The lowest BCUT2D eigenvalue weighted by Gasteiger charge is -2.24. The number of aromatic nitrogens is 3. The van der Waals surface area contributed by atoms with Crippen LogP contribution in [0.25, 0.3) is 16.8 Å². The van der Waals surface area contributed by atoms with E-state index in [1.807, 2.05) is 0 Å². The maximum Gasteiger partial charge on any atom is 0.215 e. The van der Waals surface area contributed by atoms with Crippen LogP contribution in [-0.4, -0.2) is 26.5 Å². The zero-order valence-corrected chi connectivity index (χ0v) is 16.5. The number of hydrogen-bond donors (Lipinski definition) is 1. The minimum atomic E-state index is 0.110. The molecule has 4 nitrogen and oxygen atoms in total. The molecule has 1 aliphatic carbocycles. The predicted molar refractivity (Wildman–Crippen MR) is 109 cm³/mol. The molecule has 0 bridgehead atoms. The molecule has 4 heteroatoms. The molecule has 1 aliphatic rings. The van der Waals surface area contributed by atoms with Gasteiger partial charge in [0, 0.05) is 29.9 Å². The van der Waals surface area contributed by atoms with Gasteiger partial charge in [0.1, 0.15) is 0 Å². The van der Waals surface area contributed by atoms with E-state index < -0.39 is 0 Å². The molecule has 2 heterocycles. The first kappa shape index (κ1) is 17.6. The Hall–Kier alpha value is -1.81. The summed E-state index contributed by atoms with van der Waals surface area (Å²) in [6.45, 7) is 8.99. The van der Waals surface area contributed by atoms with E-state index in [-0.39, 0.29) is 5.41 Å². The van der Waals surface area contributed by atoms with E-state index in [0.717, 1.165) is 36.8 Å². The Morgan fingerprint density at radius 1 is 1.12 bits per heavy atom. The largest absolute Gasteiger partial charge is 0.314 e. The summed E-state index contributed by atoms with van der Waals surface area (Å²) in [5, 5.41) is 3.78. The number of hydrogen-bond acceptors (Lipinski definition) is 2. The van der Waals surface area contributed by atoms with Crippen molar-refractivity contribution in [2.45, 2.75) is 77.3 Å². The maximum absolute atomic E-state index is 4.92. The van der Waals surface area contributed by atoms with E-state index >= 15 is 0 Å². The summed E-state index contributed by atoms with van der Waals surface area (Å²) in [7, 11) is 0. The molecular formula is C22H32N4. The summed E-state index contributed by atoms with van der Waals surface area (Å²) in [4.78, 5) is 4.92. The fourth-order valence-corrected chi connectivity index (χ4v) is 4.32. The smallest absolute Gasteiger partial charge is 0.215 e. The molecule has 3 aromatic rings. The van der Waals surface area contributed by atoms with E-state index in [1.54, 1.807) is 0 Å². The summed E-state index contributed by atoms with van der Waals surface area (Å²) in [5.41, 5.74) is 3.76. The molecule has 0 amide bonds. The molecule has 1 saturated carbocycles. The van der Waals surface area contributed by atoms with Crippen molar-refractivity contribution in [2.75, 3.05) is 6.54 Å². The highest BCUT2D eigenvalue weighted by Crippen LogP contribution is 2.28. The molecule has 0 atom stereocenters. The third kappa shape index (κ3) is 3.39. The lowest BCUT2D eigenvalue weighted by molar-refractivity contribution is 0.368. The predicted octanol–water partition coefficient (Wildman–Crippen LogP) is 4.90. The van der Waals surface area contributed by atoms with Gasteiger partial charge < -0.3 is 9.88 Å². The summed E-state index contributed by atoms with van der Waals surface area (Å²) in [6.07, 6.45) is 10.4. The van der Waals surface area contributed by atoms with Gasteiger partial charge in [-0.25, -0.2) is 4.98 Å². The molecule has 26 heavy (non-hydrogen) atoms.